The van der Waals surface area contributed by atoms with Gasteiger partial charge in [0.05, 0.1) is 5.52 Å². The van der Waals surface area contributed by atoms with Gasteiger partial charge in [0.1, 0.15) is 35.6 Å². The van der Waals surface area contributed by atoms with E-state index in [1.807, 2.05) is 37.3 Å². The highest BCUT2D eigenvalue weighted by Crippen LogP contribution is 2.30. The van der Waals surface area contributed by atoms with Crippen LogP contribution in [0.2, 0.25) is 0 Å². The SMILES string of the molecule is Cc1cc(Nc2ncnc3ccc(NC(=O)C#CCCN(C)C(=O)OC(C)(C)C)cc23)ccc1Oc1ccn2ncnc2c1. The van der Waals surface area contributed by atoms with Crippen LogP contribution in [0.1, 0.15) is 32.8 Å². The molecule has 5 rings (SSSR count). The number of aromatic nitrogens is 5. The Bertz CT molecular complexity index is 1900. The van der Waals surface area contributed by atoms with Crippen molar-refractivity contribution in [2.75, 3.05) is 24.2 Å². The van der Waals surface area contributed by atoms with E-state index in [2.05, 4.69) is 42.5 Å². The molecule has 0 radical (unpaired) electrons. The average Bonchev–Trinajstić information content (AvgIpc) is 3.44. The zero-order chi connectivity index (χ0) is 31.3. The van der Waals surface area contributed by atoms with E-state index in [9.17, 15) is 9.59 Å². The molecule has 224 valence electrons. The zero-order valence-electron chi connectivity index (χ0n) is 25.1. The molecule has 44 heavy (non-hydrogen) atoms. The molecular formula is C32H32N8O4. The van der Waals surface area contributed by atoms with E-state index >= 15 is 0 Å². The summed E-state index contributed by atoms with van der Waals surface area (Å²) in [5.74, 6) is 6.84. The highest BCUT2D eigenvalue weighted by atomic mass is 16.6. The minimum absolute atomic E-state index is 0.323. The number of carbonyl (C=O) groups is 2. The van der Waals surface area contributed by atoms with Gasteiger partial charge in [0.2, 0.25) is 0 Å². The molecule has 5 aromatic rings. The van der Waals surface area contributed by atoms with Crippen LogP contribution in [0, 0.1) is 18.8 Å². The van der Waals surface area contributed by atoms with E-state index in [1.54, 1.807) is 56.7 Å². The smallest absolute Gasteiger partial charge is 0.410 e. The summed E-state index contributed by atoms with van der Waals surface area (Å²) in [7, 11) is 1.63. The van der Waals surface area contributed by atoms with E-state index in [0.29, 0.717) is 47.1 Å². The summed E-state index contributed by atoms with van der Waals surface area (Å²) in [6.07, 6.45) is 4.65. The molecular weight excluding hydrogens is 560 g/mol. The number of nitrogens with one attached hydrogen (secondary N) is 2. The minimum atomic E-state index is -0.578. The molecule has 0 spiro atoms. The third kappa shape index (κ3) is 7.57. The maximum absolute atomic E-state index is 12.5. The van der Waals surface area contributed by atoms with Crippen molar-refractivity contribution in [2.24, 2.45) is 0 Å². The molecule has 2 N–H and O–H groups in total. The quantitative estimate of drug-likeness (QED) is 0.228. The Balaban J connectivity index is 1.22. The van der Waals surface area contributed by atoms with Gasteiger partial charge in [-0.1, -0.05) is 5.92 Å². The Labute approximate surface area is 254 Å². The van der Waals surface area contributed by atoms with Gasteiger partial charge in [-0.2, -0.15) is 5.10 Å². The Morgan fingerprint density at radius 2 is 1.82 bits per heavy atom. The van der Waals surface area contributed by atoms with Crippen LogP contribution in [-0.2, 0) is 9.53 Å². The number of hydrogen-bond donors (Lipinski definition) is 2. The Morgan fingerprint density at radius 1 is 1.00 bits per heavy atom. The fourth-order valence-corrected chi connectivity index (χ4v) is 4.16. The minimum Gasteiger partial charge on any atom is -0.457 e. The molecule has 12 heteroatoms. The van der Waals surface area contributed by atoms with Crippen molar-refractivity contribution < 1.29 is 19.1 Å². The summed E-state index contributed by atoms with van der Waals surface area (Å²) in [6.45, 7) is 7.71. The number of benzene rings is 2. The highest BCUT2D eigenvalue weighted by molar-refractivity contribution is 6.05. The number of pyridine rings is 1. The fourth-order valence-electron chi connectivity index (χ4n) is 4.16. The van der Waals surface area contributed by atoms with E-state index in [0.717, 1.165) is 16.6 Å². The molecule has 12 nitrogen and oxygen atoms in total. The average molecular weight is 593 g/mol. The van der Waals surface area contributed by atoms with Crippen LogP contribution < -0.4 is 15.4 Å². The number of fused-ring (bicyclic) bond motifs is 2. The molecule has 0 aliphatic rings. The maximum Gasteiger partial charge on any atom is 0.410 e. The van der Waals surface area contributed by atoms with Crippen molar-refractivity contribution in [1.82, 2.24) is 29.5 Å². The maximum atomic E-state index is 12.5. The van der Waals surface area contributed by atoms with Gasteiger partial charge >= 0.3 is 6.09 Å². The monoisotopic (exact) mass is 592 g/mol. The van der Waals surface area contributed by atoms with Crippen LogP contribution in [-0.4, -0.2) is 60.7 Å². The number of carbonyl (C=O) groups excluding carboxylic acids is 2. The number of nitrogens with zero attached hydrogens (tertiary/aromatic N) is 6. The summed E-state index contributed by atoms with van der Waals surface area (Å²) in [5, 5.41) is 11.0. The summed E-state index contributed by atoms with van der Waals surface area (Å²) in [6, 6.07) is 14.7. The number of ether oxygens (including phenoxy) is 2. The molecule has 0 fully saturated rings. The second kappa shape index (κ2) is 12.7. The summed E-state index contributed by atoms with van der Waals surface area (Å²) in [5.41, 5.74) is 3.09. The lowest BCUT2D eigenvalue weighted by atomic mass is 10.1. The normalized spacial score (nSPS) is 11.0. The van der Waals surface area contributed by atoms with Crippen molar-refractivity contribution in [1.29, 1.82) is 0 Å². The number of amides is 2. The number of anilines is 3. The molecule has 0 saturated heterocycles. The van der Waals surface area contributed by atoms with E-state index in [1.165, 1.54) is 17.6 Å². The Morgan fingerprint density at radius 3 is 2.61 bits per heavy atom. The van der Waals surface area contributed by atoms with Gasteiger partial charge in [-0.3, -0.25) is 4.79 Å². The molecule has 3 heterocycles. The molecule has 0 unspecified atom stereocenters. The van der Waals surface area contributed by atoms with Gasteiger partial charge in [-0.25, -0.2) is 24.3 Å². The van der Waals surface area contributed by atoms with Crippen LogP contribution in [0.4, 0.5) is 22.0 Å². The summed E-state index contributed by atoms with van der Waals surface area (Å²) >= 11 is 0. The molecule has 0 bridgehead atoms. The van der Waals surface area contributed by atoms with Crippen LogP contribution >= 0.6 is 0 Å². The van der Waals surface area contributed by atoms with E-state index in [4.69, 9.17) is 9.47 Å². The van der Waals surface area contributed by atoms with E-state index in [-0.39, 0.29) is 0 Å². The van der Waals surface area contributed by atoms with E-state index < -0.39 is 17.6 Å². The van der Waals surface area contributed by atoms with Gasteiger partial charge in [-0.15, -0.1) is 0 Å². The largest absolute Gasteiger partial charge is 0.457 e. The molecule has 0 atom stereocenters. The molecule has 2 amide bonds. The van der Waals surface area contributed by atoms with Crippen LogP contribution in [0.3, 0.4) is 0 Å². The van der Waals surface area contributed by atoms with Gasteiger partial charge < -0.3 is 25.0 Å². The first-order chi connectivity index (χ1) is 21.0. The lowest BCUT2D eigenvalue weighted by Crippen LogP contribution is -2.34. The van der Waals surface area contributed by atoms with Crippen molar-refractivity contribution >= 4 is 45.7 Å². The molecule has 0 aliphatic heterocycles. The van der Waals surface area contributed by atoms with Crippen molar-refractivity contribution in [3.8, 4) is 23.3 Å². The molecule has 3 aromatic heterocycles. The third-order valence-corrected chi connectivity index (χ3v) is 6.29. The number of aryl methyl sites for hydroxylation is 1. The highest BCUT2D eigenvalue weighted by Gasteiger charge is 2.19. The fraction of sp³-hybridized carbons (Fsp3) is 0.250. The predicted octanol–water partition coefficient (Wildman–Crippen LogP) is 5.72. The summed E-state index contributed by atoms with van der Waals surface area (Å²) in [4.78, 5) is 38.9. The second-order valence-corrected chi connectivity index (χ2v) is 11.0. The first kappa shape index (κ1) is 29.8. The predicted molar refractivity (Wildman–Crippen MR) is 167 cm³/mol. The number of hydrogen-bond acceptors (Lipinski definition) is 9. The lowest BCUT2D eigenvalue weighted by Gasteiger charge is -2.24. The van der Waals surface area contributed by atoms with Gasteiger partial charge in [0.15, 0.2) is 5.65 Å². The lowest BCUT2D eigenvalue weighted by molar-refractivity contribution is -0.111. The standard InChI is InChI=1S/C32H32N8O4/c1-21-16-22(10-12-27(21)43-24-13-15-40-28(18-24)34-20-36-40)38-30-25-17-23(9-11-26(25)33-19-35-30)37-29(41)8-6-7-14-39(5)31(42)44-32(2,3)4/h9-13,15-20H,7,14H2,1-5H3,(H,37,41)(H,33,35,38). The van der Waals surface area contributed by atoms with Crippen LogP contribution in [0.15, 0.2) is 67.4 Å². The van der Waals surface area contributed by atoms with Crippen molar-refractivity contribution in [2.45, 2.75) is 39.7 Å². The van der Waals surface area contributed by atoms with Gasteiger partial charge in [-0.05, 0) is 81.6 Å². The second-order valence-electron chi connectivity index (χ2n) is 11.0. The Kier molecular flexibility index (Phi) is 8.57. The Hall–Kier alpha value is -5.70. The van der Waals surface area contributed by atoms with Gasteiger partial charge in [0.25, 0.3) is 5.91 Å². The van der Waals surface area contributed by atoms with Crippen LogP contribution in [0.25, 0.3) is 16.6 Å². The van der Waals surface area contributed by atoms with Crippen LogP contribution in [0.5, 0.6) is 11.5 Å². The number of rotatable bonds is 7. The topological polar surface area (TPSA) is 136 Å². The zero-order valence-corrected chi connectivity index (χ0v) is 25.1. The third-order valence-electron chi connectivity index (χ3n) is 6.29. The van der Waals surface area contributed by atoms with Crippen molar-refractivity contribution in [3.05, 3.63) is 72.9 Å². The first-order valence-electron chi connectivity index (χ1n) is 13.9. The van der Waals surface area contributed by atoms with Gasteiger partial charge in [0, 0.05) is 49.0 Å². The molecule has 0 aliphatic carbocycles. The van der Waals surface area contributed by atoms with Crippen molar-refractivity contribution in [3.63, 3.8) is 0 Å². The molecule has 0 saturated carbocycles. The molecule has 2 aromatic carbocycles. The summed E-state index contributed by atoms with van der Waals surface area (Å²) < 4.78 is 13.1. The first-order valence-corrected chi connectivity index (χ1v) is 13.9.